The molecule has 0 spiro atoms. The van der Waals surface area contributed by atoms with E-state index in [0.29, 0.717) is 41.5 Å². The van der Waals surface area contributed by atoms with Crippen molar-refractivity contribution in [2.24, 2.45) is 0 Å². The van der Waals surface area contributed by atoms with E-state index in [0.717, 1.165) is 10.0 Å². The highest BCUT2D eigenvalue weighted by Crippen LogP contribution is 2.35. The molecular weight excluding hydrogens is 462 g/mol. The zero-order valence-electron chi connectivity index (χ0n) is 16.0. The summed E-state index contributed by atoms with van der Waals surface area (Å²) in [6.07, 6.45) is 0.0311. The van der Waals surface area contributed by atoms with Crippen LogP contribution in [0.15, 0.2) is 34.8 Å². The lowest BCUT2D eigenvalue weighted by Gasteiger charge is -2.18. The number of halogens is 2. The molecule has 1 aromatic heterocycles. The number of methoxy groups -OCH3 is 1. The summed E-state index contributed by atoms with van der Waals surface area (Å²) in [4.78, 5) is 27.8. The minimum atomic E-state index is -0.581. The number of nitrogens with zero attached hydrogens (tertiary/aromatic N) is 1. The summed E-state index contributed by atoms with van der Waals surface area (Å²) in [6.45, 7) is 2.06. The summed E-state index contributed by atoms with van der Waals surface area (Å²) in [6, 6.07) is 9.13. The second kappa shape index (κ2) is 9.45. The summed E-state index contributed by atoms with van der Waals surface area (Å²) in [5.41, 5.74) is 2.04. The Balaban J connectivity index is 1.68. The number of ether oxygens (including phenoxy) is 2. The zero-order chi connectivity index (χ0) is 21.0. The lowest BCUT2D eigenvalue weighted by molar-refractivity contribution is -0.119. The predicted molar refractivity (Wildman–Crippen MR) is 113 cm³/mol. The molecule has 0 bridgehead atoms. The molecule has 1 fully saturated rings. The third-order valence-corrected chi connectivity index (χ3v) is 5.91. The lowest BCUT2D eigenvalue weighted by Crippen LogP contribution is -2.38. The van der Waals surface area contributed by atoms with Crippen molar-refractivity contribution in [1.29, 1.82) is 0 Å². The quantitative estimate of drug-likeness (QED) is 0.643. The molecule has 9 heteroatoms. The van der Waals surface area contributed by atoms with Gasteiger partial charge in [0.25, 0.3) is 0 Å². The van der Waals surface area contributed by atoms with Crippen LogP contribution in [0.1, 0.15) is 31.4 Å². The van der Waals surface area contributed by atoms with E-state index in [1.165, 1.54) is 7.11 Å². The number of amides is 2. The molecule has 0 aliphatic carbocycles. The number of hydrogen-bond acceptors (Lipinski definition) is 5. The molecule has 1 unspecified atom stereocenters. The summed E-state index contributed by atoms with van der Waals surface area (Å²) < 4.78 is 11.6. The van der Waals surface area contributed by atoms with Crippen molar-refractivity contribution in [3.05, 3.63) is 45.4 Å². The van der Waals surface area contributed by atoms with E-state index < -0.39 is 12.2 Å². The fraction of sp³-hybridized carbons (Fsp3) is 0.350. The van der Waals surface area contributed by atoms with Crippen LogP contribution in [0.4, 0.5) is 4.79 Å². The Morgan fingerprint density at radius 2 is 2.21 bits per heavy atom. The number of carbonyl (C=O) groups is 2. The van der Waals surface area contributed by atoms with Gasteiger partial charge in [0.05, 0.1) is 23.4 Å². The van der Waals surface area contributed by atoms with Gasteiger partial charge in [-0.05, 0) is 47.5 Å². The van der Waals surface area contributed by atoms with Gasteiger partial charge in [0.1, 0.15) is 6.10 Å². The molecular formula is C20H21BrClN3O4. The lowest BCUT2D eigenvalue weighted by atomic mass is 10.1. The van der Waals surface area contributed by atoms with E-state index >= 15 is 0 Å². The van der Waals surface area contributed by atoms with Crippen molar-refractivity contribution in [2.45, 2.75) is 31.9 Å². The number of rotatable bonds is 6. The molecule has 0 radical (unpaired) electrons. The van der Waals surface area contributed by atoms with E-state index in [4.69, 9.17) is 21.1 Å². The largest absolute Gasteiger partial charge is 0.481 e. The number of nitrogens with one attached hydrogen (secondary N) is 2. The average Bonchev–Trinajstić information content (AvgIpc) is 3.13. The Hall–Kier alpha value is -2.32. The molecule has 1 aliphatic rings. The molecule has 154 valence electrons. The predicted octanol–water partition coefficient (Wildman–Crippen LogP) is 4.24. The van der Waals surface area contributed by atoms with Crippen molar-refractivity contribution < 1.29 is 19.1 Å². The van der Waals surface area contributed by atoms with Crippen LogP contribution in [0.2, 0.25) is 5.02 Å². The number of carbonyl (C=O) groups excluding carboxylic acids is 2. The van der Waals surface area contributed by atoms with Crippen molar-refractivity contribution in [1.82, 2.24) is 15.6 Å². The van der Waals surface area contributed by atoms with Gasteiger partial charge in [-0.1, -0.05) is 23.7 Å². The second-order valence-electron chi connectivity index (χ2n) is 6.63. The normalized spacial score (nSPS) is 16.8. The third kappa shape index (κ3) is 5.19. The minimum absolute atomic E-state index is 0.0000138. The molecule has 0 saturated carbocycles. The minimum Gasteiger partial charge on any atom is -0.481 e. The number of benzene rings is 1. The van der Waals surface area contributed by atoms with E-state index in [9.17, 15) is 9.59 Å². The Morgan fingerprint density at radius 1 is 1.41 bits per heavy atom. The molecule has 7 nitrogen and oxygen atoms in total. The molecule has 1 saturated heterocycles. The zero-order valence-corrected chi connectivity index (χ0v) is 18.3. The highest BCUT2D eigenvalue weighted by Gasteiger charge is 2.23. The maximum absolute atomic E-state index is 12.1. The Kier molecular flexibility index (Phi) is 6.97. The van der Waals surface area contributed by atoms with E-state index in [1.807, 2.05) is 18.2 Å². The van der Waals surface area contributed by atoms with Gasteiger partial charge >= 0.3 is 6.09 Å². The maximum atomic E-state index is 12.1. The van der Waals surface area contributed by atoms with Gasteiger partial charge in [-0.25, -0.2) is 9.78 Å². The first-order chi connectivity index (χ1) is 13.9. The molecule has 1 aromatic carbocycles. The first kappa shape index (κ1) is 21.4. The van der Waals surface area contributed by atoms with Crippen LogP contribution in [-0.2, 0) is 9.53 Å². The van der Waals surface area contributed by atoms with Crippen LogP contribution in [0.5, 0.6) is 5.88 Å². The van der Waals surface area contributed by atoms with Crippen LogP contribution < -0.4 is 15.4 Å². The van der Waals surface area contributed by atoms with Crippen LogP contribution >= 0.6 is 27.5 Å². The van der Waals surface area contributed by atoms with Gasteiger partial charge in [0, 0.05) is 29.0 Å². The highest BCUT2D eigenvalue weighted by atomic mass is 79.9. The van der Waals surface area contributed by atoms with Crippen molar-refractivity contribution in [2.75, 3.05) is 13.7 Å². The van der Waals surface area contributed by atoms with Gasteiger partial charge in [-0.2, -0.15) is 0 Å². The van der Waals surface area contributed by atoms with Crippen molar-refractivity contribution >= 4 is 39.5 Å². The number of pyridine rings is 1. The first-order valence-corrected chi connectivity index (χ1v) is 10.3. The van der Waals surface area contributed by atoms with Gasteiger partial charge in [0.15, 0.2) is 0 Å². The first-order valence-electron chi connectivity index (χ1n) is 9.12. The standard InChI is InChI=1S/C20H21BrClN3O4/c1-11(29-20(27)23-10-12-6-9-17(26)24-12)13-7-8-16(25-19(13)28-2)14-4-3-5-15(21)18(14)22/h3-5,7-8,11-12H,6,9-10H2,1-2H3,(H,23,27)(H,24,26)/t11?,12-/m0/s1. The summed E-state index contributed by atoms with van der Waals surface area (Å²) in [5.74, 6) is 0.349. The van der Waals surface area contributed by atoms with Crippen LogP contribution in [0.3, 0.4) is 0 Å². The van der Waals surface area contributed by atoms with Crippen LogP contribution in [0.25, 0.3) is 11.3 Å². The molecule has 2 N–H and O–H groups in total. The topological polar surface area (TPSA) is 89.6 Å². The Bertz CT molecular complexity index is 925. The van der Waals surface area contributed by atoms with Crippen LogP contribution in [0, 0.1) is 0 Å². The fourth-order valence-electron chi connectivity index (χ4n) is 3.08. The Labute approximate surface area is 182 Å². The summed E-state index contributed by atoms with van der Waals surface area (Å²) >= 11 is 9.77. The van der Waals surface area contributed by atoms with E-state index in [2.05, 4.69) is 31.5 Å². The number of hydrogen-bond donors (Lipinski definition) is 2. The fourth-order valence-corrected chi connectivity index (χ4v) is 3.67. The average molecular weight is 483 g/mol. The van der Waals surface area contributed by atoms with Gasteiger partial charge in [-0.15, -0.1) is 0 Å². The molecule has 29 heavy (non-hydrogen) atoms. The van der Waals surface area contributed by atoms with Crippen molar-refractivity contribution in [3.63, 3.8) is 0 Å². The highest BCUT2D eigenvalue weighted by molar-refractivity contribution is 9.10. The second-order valence-corrected chi connectivity index (χ2v) is 7.86. The SMILES string of the molecule is COc1nc(-c2cccc(Br)c2Cl)ccc1C(C)OC(=O)NC[C@@H]1CCC(=O)N1. The molecule has 2 atom stereocenters. The summed E-state index contributed by atoms with van der Waals surface area (Å²) in [7, 11) is 1.51. The number of aromatic nitrogens is 1. The molecule has 2 heterocycles. The van der Waals surface area contributed by atoms with Gasteiger partial charge in [-0.3, -0.25) is 4.79 Å². The Morgan fingerprint density at radius 3 is 2.90 bits per heavy atom. The van der Waals surface area contributed by atoms with Crippen molar-refractivity contribution in [3.8, 4) is 17.1 Å². The number of alkyl carbamates (subject to hydrolysis) is 1. The smallest absolute Gasteiger partial charge is 0.407 e. The molecule has 2 aromatic rings. The molecule has 3 rings (SSSR count). The molecule has 1 aliphatic heterocycles. The van der Waals surface area contributed by atoms with E-state index in [1.54, 1.807) is 19.1 Å². The molecule has 2 amide bonds. The monoisotopic (exact) mass is 481 g/mol. The maximum Gasteiger partial charge on any atom is 0.407 e. The van der Waals surface area contributed by atoms with E-state index in [-0.39, 0.29) is 11.9 Å². The van der Waals surface area contributed by atoms with Crippen LogP contribution in [-0.4, -0.2) is 36.7 Å². The summed E-state index contributed by atoms with van der Waals surface area (Å²) in [5, 5.41) is 6.02. The van der Waals surface area contributed by atoms with Gasteiger partial charge < -0.3 is 20.1 Å². The third-order valence-electron chi connectivity index (χ3n) is 4.61. The van der Waals surface area contributed by atoms with Gasteiger partial charge in [0.2, 0.25) is 11.8 Å².